The molecular weight excluding hydrogens is 232 g/mol. The van der Waals surface area contributed by atoms with Crippen molar-refractivity contribution in [2.24, 2.45) is 7.05 Å². The van der Waals surface area contributed by atoms with Crippen LogP contribution in [-0.2, 0) is 7.05 Å². The van der Waals surface area contributed by atoms with Crippen molar-refractivity contribution in [1.82, 2.24) is 9.78 Å². The second-order valence-corrected chi connectivity index (χ2v) is 4.20. The Kier molecular flexibility index (Phi) is 3.01. The van der Waals surface area contributed by atoms with E-state index in [4.69, 9.17) is 0 Å². The Morgan fingerprint density at radius 2 is 2.06 bits per heavy atom. The van der Waals surface area contributed by atoms with Crippen LogP contribution in [-0.4, -0.2) is 14.7 Å². The Morgan fingerprint density at radius 1 is 1.33 bits per heavy atom. The Bertz CT molecular complexity index is 604. The second kappa shape index (κ2) is 4.48. The van der Waals surface area contributed by atoms with Crippen LogP contribution in [0.1, 0.15) is 11.3 Å². The van der Waals surface area contributed by atoms with Crippen LogP contribution in [0, 0.1) is 24.0 Å². The highest BCUT2D eigenvalue weighted by molar-refractivity contribution is 5.70. The van der Waals surface area contributed by atoms with Crippen molar-refractivity contribution in [2.45, 2.75) is 13.8 Å². The van der Waals surface area contributed by atoms with E-state index < -0.39 is 0 Å². The van der Waals surface area contributed by atoms with Crippen LogP contribution >= 0.6 is 0 Å². The molecule has 94 valence electrons. The molecule has 0 saturated heterocycles. The summed E-state index contributed by atoms with van der Waals surface area (Å²) in [7, 11) is 1.81. The van der Waals surface area contributed by atoms with E-state index in [0.717, 1.165) is 16.9 Å². The third-order valence-corrected chi connectivity index (χ3v) is 2.63. The van der Waals surface area contributed by atoms with Crippen molar-refractivity contribution in [3.8, 4) is 0 Å². The lowest BCUT2D eigenvalue weighted by molar-refractivity contribution is -0.384. The van der Waals surface area contributed by atoms with Gasteiger partial charge in [0.05, 0.1) is 16.3 Å². The third kappa shape index (κ3) is 2.32. The minimum absolute atomic E-state index is 0.0678. The summed E-state index contributed by atoms with van der Waals surface area (Å²) in [5.74, 6) is 0. The number of nitrogens with one attached hydrogen (secondary N) is 1. The SMILES string of the molecule is Cc1ccc(Nc2cn(C)nc2C)c([N+](=O)[O-])c1. The predicted molar refractivity (Wildman–Crippen MR) is 69.1 cm³/mol. The molecule has 1 N–H and O–H groups in total. The zero-order chi connectivity index (χ0) is 13.3. The number of rotatable bonds is 3. The topological polar surface area (TPSA) is 73.0 Å². The van der Waals surface area contributed by atoms with Gasteiger partial charge in [-0.2, -0.15) is 5.10 Å². The molecule has 0 aliphatic heterocycles. The number of nitro benzene ring substituents is 1. The highest BCUT2D eigenvalue weighted by Crippen LogP contribution is 2.29. The summed E-state index contributed by atoms with van der Waals surface area (Å²) in [6, 6.07) is 5.09. The van der Waals surface area contributed by atoms with E-state index in [1.807, 2.05) is 27.0 Å². The maximum absolute atomic E-state index is 11.0. The average molecular weight is 246 g/mol. The summed E-state index contributed by atoms with van der Waals surface area (Å²) in [5, 5.41) is 18.2. The van der Waals surface area contributed by atoms with Crippen molar-refractivity contribution in [1.29, 1.82) is 0 Å². The molecule has 0 spiro atoms. The van der Waals surface area contributed by atoms with Gasteiger partial charge in [-0.15, -0.1) is 0 Å². The van der Waals surface area contributed by atoms with Gasteiger partial charge in [0, 0.05) is 19.3 Å². The van der Waals surface area contributed by atoms with Gasteiger partial charge in [0.15, 0.2) is 0 Å². The van der Waals surface area contributed by atoms with Crippen LogP contribution in [0.5, 0.6) is 0 Å². The lowest BCUT2D eigenvalue weighted by Crippen LogP contribution is -1.97. The number of hydrogen-bond donors (Lipinski definition) is 1. The van der Waals surface area contributed by atoms with Crippen LogP contribution in [0.3, 0.4) is 0 Å². The standard InChI is InChI=1S/C12H14N4O2/c1-8-4-5-10(12(6-8)16(17)18)13-11-7-15(3)14-9(11)2/h4-7,13H,1-3H3. The van der Waals surface area contributed by atoms with Crippen LogP contribution < -0.4 is 5.32 Å². The van der Waals surface area contributed by atoms with E-state index in [0.29, 0.717) is 5.69 Å². The van der Waals surface area contributed by atoms with Crippen molar-refractivity contribution in [3.05, 3.63) is 45.8 Å². The molecule has 0 saturated carbocycles. The molecule has 0 bridgehead atoms. The first-order valence-corrected chi connectivity index (χ1v) is 5.49. The molecule has 6 heteroatoms. The molecule has 0 unspecified atom stereocenters. The van der Waals surface area contributed by atoms with Crippen LogP contribution in [0.25, 0.3) is 0 Å². The normalized spacial score (nSPS) is 10.4. The van der Waals surface area contributed by atoms with Gasteiger partial charge in [-0.25, -0.2) is 0 Å². The van der Waals surface area contributed by atoms with E-state index >= 15 is 0 Å². The third-order valence-electron chi connectivity index (χ3n) is 2.63. The van der Waals surface area contributed by atoms with Gasteiger partial charge >= 0.3 is 0 Å². The molecule has 18 heavy (non-hydrogen) atoms. The summed E-state index contributed by atoms with van der Waals surface area (Å²) >= 11 is 0. The second-order valence-electron chi connectivity index (χ2n) is 4.20. The summed E-state index contributed by atoms with van der Waals surface area (Å²) in [4.78, 5) is 10.6. The summed E-state index contributed by atoms with van der Waals surface area (Å²) in [6.45, 7) is 3.68. The predicted octanol–water partition coefficient (Wildman–Crippen LogP) is 2.69. The fourth-order valence-corrected chi connectivity index (χ4v) is 1.77. The Hall–Kier alpha value is -2.37. The van der Waals surface area contributed by atoms with Gasteiger partial charge in [-0.05, 0) is 25.5 Å². The van der Waals surface area contributed by atoms with Crippen LogP contribution in [0.2, 0.25) is 0 Å². The minimum atomic E-state index is -0.388. The number of nitrogens with zero attached hydrogens (tertiary/aromatic N) is 3. The molecule has 1 aromatic heterocycles. The Morgan fingerprint density at radius 3 is 2.61 bits per heavy atom. The van der Waals surface area contributed by atoms with E-state index in [1.165, 1.54) is 0 Å². The lowest BCUT2D eigenvalue weighted by Gasteiger charge is -2.06. The van der Waals surface area contributed by atoms with Gasteiger partial charge in [0.2, 0.25) is 0 Å². The molecule has 0 atom stereocenters. The maximum atomic E-state index is 11.0. The zero-order valence-corrected chi connectivity index (χ0v) is 10.5. The van der Waals surface area contributed by atoms with Crippen molar-refractivity contribution >= 4 is 17.1 Å². The molecule has 0 aliphatic carbocycles. The van der Waals surface area contributed by atoms with E-state index in [9.17, 15) is 10.1 Å². The average Bonchev–Trinajstić information content (AvgIpc) is 2.60. The largest absolute Gasteiger partial charge is 0.347 e. The molecule has 0 amide bonds. The smallest absolute Gasteiger partial charge is 0.292 e. The number of benzene rings is 1. The summed E-state index contributed by atoms with van der Waals surface area (Å²) < 4.78 is 1.66. The van der Waals surface area contributed by atoms with Gasteiger partial charge in [0.1, 0.15) is 5.69 Å². The highest BCUT2D eigenvalue weighted by atomic mass is 16.6. The molecule has 0 fully saturated rings. The van der Waals surface area contributed by atoms with E-state index in [1.54, 1.807) is 23.0 Å². The van der Waals surface area contributed by atoms with E-state index in [2.05, 4.69) is 10.4 Å². The number of aromatic nitrogens is 2. The summed E-state index contributed by atoms with van der Waals surface area (Å²) in [6.07, 6.45) is 1.79. The van der Waals surface area contributed by atoms with Gasteiger partial charge in [-0.1, -0.05) is 6.07 Å². The maximum Gasteiger partial charge on any atom is 0.292 e. The monoisotopic (exact) mass is 246 g/mol. The molecule has 2 aromatic rings. The molecule has 0 radical (unpaired) electrons. The molecule has 1 heterocycles. The zero-order valence-electron chi connectivity index (χ0n) is 10.5. The molecule has 0 aliphatic rings. The van der Waals surface area contributed by atoms with Crippen LogP contribution in [0.4, 0.5) is 17.1 Å². The fourth-order valence-electron chi connectivity index (χ4n) is 1.77. The van der Waals surface area contributed by atoms with Crippen molar-refractivity contribution < 1.29 is 4.92 Å². The lowest BCUT2D eigenvalue weighted by atomic mass is 10.2. The minimum Gasteiger partial charge on any atom is -0.347 e. The number of hydrogen-bond acceptors (Lipinski definition) is 4. The number of aryl methyl sites for hydroxylation is 3. The van der Waals surface area contributed by atoms with Gasteiger partial charge in [0.25, 0.3) is 5.69 Å². The van der Waals surface area contributed by atoms with Crippen LogP contribution in [0.15, 0.2) is 24.4 Å². The fraction of sp³-hybridized carbons (Fsp3) is 0.250. The van der Waals surface area contributed by atoms with Crippen molar-refractivity contribution in [2.75, 3.05) is 5.32 Å². The number of anilines is 2. The molecule has 6 nitrogen and oxygen atoms in total. The first-order valence-electron chi connectivity index (χ1n) is 5.49. The van der Waals surface area contributed by atoms with Gasteiger partial charge in [-0.3, -0.25) is 14.8 Å². The van der Waals surface area contributed by atoms with E-state index in [-0.39, 0.29) is 10.6 Å². The Labute approximate surface area is 104 Å². The number of nitro groups is 1. The first-order chi connectivity index (χ1) is 8.47. The quantitative estimate of drug-likeness (QED) is 0.667. The van der Waals surface area contributed by atoms with Gasteiger partial charge < -0.3 is 5.32 Å². The first kappa shape index (κ1) is 12.1. The van der Waals surface area contributed by atoms with Crippen molar-refractivity contribution in [3.63, 3.8) is 0 Å². The molecular formula is C12H14N4O2. The molecule has 1 aromatic carbocycles. The Balaban J connectivity index is 2.40. The highest BCUT2D eigenvalue weighted by Gasteiger charge is 2.15. The summed E-state index contributed by atoms with van der Waals surface area (Å²) in [5.41, 5.74) is 2.96. The molecule has 2 rings (SSSR count).